The summed E-state index contributed by atoms with van der Waals surface area (Å²) in [7, 11) is 0. The Morgan fingerprint density at radius 3 is 1.28 bits per heavy atom. The van der Waals surface area contributed by atoms with Gasteiger partial charge in [0.2, 0.25) is 0 Å². The minimum absolute atomic E-state index is 0. The minimum Gasteiger partial charge on any atom is -0.506 e. The molecule has 6 nitrogen and oxygen atoms in total. The Hall–Kier alpha value is -2.44. The molecule has 2 rings (SSSR count). The van der Waals surface area contributed by atoms with Crippen molar-refractivity contribution in [3.63, 3.8) is 0 Å². The maximum Gasteiger partial charge on any atom is 0.139 e. The number of anilines is 2. The predicted molar refractivity (Wildman–Crippen MR) is 74.1 cm³/mol. The number of phenols is 2. The van der Waals surface area contributed by atoms with Crippen LogP contribution in [0.2, 0.25) is 0 Å². The van der Waals surface area contributed by atoms with Gasteiger partial charge >= 0.3 is 0 Å². The molecule has 98 valence electrons. The van der Waals surface area contributed by atoms with Crippen LogP contribution in [0.15, 0.2) is 36.4 Å². The molecule has 0 atom stereocenters. The Kier molecular flexibility index (Phi) is 4.98. The first-order valence-corrected chi connectivity index (χ1v) is 4.75. The van der Waals surface area contributed by atoms with Gasteiger partial charge in [0.05, 0.1) is 11.4 Å². The van der Waals surface area contributed by atoms with Crippen molar-refractivity contribution in [1.82, 2.24) is 12.3 Å². The van der Waals surface area contributed by atoms with Crippen molar-refractivity contribution in [2.75, 3.05) is 11.5 Å². The van der Waals surface area contributed by atoms with Gasteiger partial charge in [0, 0.05) is 0 Å². The molecule has 0 bridgehead atoms. The molecule has 0 aliphatic heterocycles. The fourth-order valence-electron chi connectivity index (χ4n) is 1.45. The van der Waals surface area contributed by atoms with Crippen LogP contribution in [0.4, 0.5) is 11.4 Å². The van der Waals surface area contributed by atoms with Crippen molar-refractivity contribution in [2.45, 2.75) is 0 Å². The number of hydrogen-bond acceptors (Lipinski definition) is 6. The Morgan fingerprint density at radius 2 is 1.00 bits per heavy atom. The highest BCUT2D eigenvalue weighted by Crippen LogP contribution is 2.31. The third-order valence-electron chi connectivity index (χ3n) is 2.39. The highest BCUT2D eigenvalue weighted by Gasteiger charge is 2.04. The third-order valence-corrected chi connectivity index (χ3v) is 2.39. The second-order valence-corrected chi connectivity index (χ2v) is 3.55. The van der Waals surface area contributed by atoms with Gasteiger partial charge in [-0.15, -0.1) is 0 Å². The zero-order valence-electron chi connectivity index (χ0n) is 9.93. The van der Waals surface area contributed by atoms with E-state index in [1.54, 1.807) is 36.4 Å². The molecule has 0 amide bonds. The average molecular weight is 250 g/mol. The molecule has 2 aromatic rings. The van der Waals surface area contributed by atoms with Gasteiger partial charge in [-0.1, -0.05) is 12.1 Å². The van der Waals surface area contributed by atoms with E-state index in [0.717, 1.165) is 11.1 Å². The van der Waals surface area contributed by atoms with Crippen LogP contribution in [-0.2, 0) is 0 Å². The van der Waals surface area contributed by atoms with Crippen molar-refractivity contribution in [3.8, 4) is 22.6 Å². The summed E-state index contributed by atoms with van der Waals surface area (Å²) < 4.78 is 0. The smallest absolute Gasteiger partial charge is 0.139 e. The van der Waals surface area contributed by atoms with Gasteiger partial charge in [0.1, 0.15) is 11.5 Å². The van der Waals surface area contributed by atoms with E-state index in [4.69, 9.17) is 11.5 Å². The quantitative estimate of drug-likeness (QED) is 0.335. The molecule has 18 heavy (non-hydrogen) atoms. The number of nitrogens with two attached hydrogens (primary N) is 2. The van der Waals surface area contributed by atoms with Crippen molar-refractivity contribution in [1.29, 1.82) is 0 Å². The summed E-state index contributed by atoms with van der Waals surface area (Å²) in [6.45, 7) is 0. The molecular formula is C12H18N4O2. The average Bonchev–Trinajstić information content (AvgIpc) is 2.26. The Labute approximate surface area is 105 Å². The lowest BCUT2D eigenvalue weighted by Gasteiger charge is -2.06. The molecule has 0 saturated heterocycles. The van der Waals surface area contributed by atoms with Gasteiger partial charge in [-0.05, 0) is 35.4 Å². The van der Waals surface area contributed by atoms with E-state index < -0.39 is 0 Å². The molecular weight excluding hydrogens is 232 g/mol. The number of phenolic OH excluding ortho intramolecular Hbond substituents is 2. The van der Waals surface area contributed by atoms with Crippen molar-refractivity contribution in [3.05, 3.63) is 36.4 Å². The van der Waals surface area contributed by atoms with E-state index in [9.17, 15) is 10.2 Å². The van der Waals surface area contributed by atoms with Crippen molar-refractivity contribution >= 4 is 11.4 Å². The maximum absolute atomic E-state index is 9.47. The van der Waals surface area contributed by atoms with Gasteiger partial charge in [-0.3, -0.25) is 0 Å². The molecule has 0 aliphatic carbocycles. The van der Waals surface area contributed by atoms with E-state index in [-0.39, 0.29) is 23.8 Å². The van der Waals surface area contributed by atoms with E-state index in [1.807, 2.05) is 0 Å². The maximum atomic E-state index is 9.47. The zero-order chi connectivity index (χ0) is 11.7. The highest BCUT2D eigenvalue weighted by molar-refractivity contribution is 5.73. The summed E-state index contributed by atoms with van der Waals surface area (Å²) >= 11 is 0. The Bertz CT molecular complexity index is 494. The lowest BCUT2D eigenvalue weighted by Crippen LogP contribution is -1.88. The first-order chi connectivity index (χ1) is 7.58. The fourth-order valence-corrected chi connectivity index (χ4v) is 1.45. The molecule has 6 heteroatoms. The monoisotopic (exact) mass is 250 g/mol. The molecule has 0 aliphatic rings. The standard InChI is InChI=1S/C12H12N2O2.2H3N/c13-9-3-1-7(5-11(9)15)8-2-4-10(14)12(16)6-8;;/h1-6,15-16H,13-14H2;2*1H3. The fraction of sp³-hybridized carbons (Fsp3) is 0. The molecule has 0 aromatic heterocycles. The number of nitrogen functional groups attached to an aromatic ring is 2. The van der Waals surface area contributed by atoms with Crippen LogP contribution < -0.4 is 23.8 Å². The molecule has 0 fully saturated rings. The van der Waals surface area contributed by atoms with E-state index in [1.165, 1.54) is 0 Å². The van der Waals surface area contributed by atoms with E-state index in [0.29, 0.717) is 11.4 Å². The van der Waals surface area contributed by atoms with Crippen LogP contribution >= 0.6 is 0 Å². The second kappa shape index (κ2) is 5.76. The number of aromatic hydroxyl groups is 2. The van der Waals surface area contributed by atoms with Crippen LogP contribution in [0.3, 0.4) is 0 Å². The molecule has 0 spiro atoms. The Balaban J connectivity index is 0.00000144. The van der Waals surface area contributed by atoms with Crippen LogP contribution in [0.25, 0.3) is 11.1 Å². The summed E-state index contributed by atoms with van der Waals surface area (Å²) in [5, 5.41) is 18.9. The SMILES string of the molecule is N.N.Nc1ccc(-c2ccc(N)c(O)c2)cc1O. The molecule has 0 heterocycles. The van der Waals surface area contributed by atoms with Crippen LogP contribution in [0, 0.1) is 0 Å². The lowest BCUT2D eigenvalue weighted by atomic mass is 10.0. The van der Waals surface area contributed by atoms with Gasteiger partial charge in [-0.25, -0.2) is 0 Å². The largest absolute Gasteiger partial charge is 0.506 e. The van der Waals surface area contributed by atoms with E-state index >= 15 is 0 Å². The van der Waals surface area contributed by atoms with Crippen LogP contribution in [0.1, 0.15) is 0 Å². The predicted octanol–water partition coefficient (Wildman–Crippen LogP) is 2.25. The van der Waals surface area contributed by atoms with Gasteiger partial charge in [-0.2, -0.15) is 0 Å². The van der Waals surface area contributed by atoms with Crippen molar-refractivity contribution < 1.29 is 10.2 Å². The number of hydrogen-bond donors (Lipinski definition) is 6. The zero-order valence-corrected chi connectivity index (χ0v) is 9.93. The summed E-state index contributed by atoms with van der Waals surface area (Å²) in [6, 6.07) is 9.83. The first kappa shape index (κ1) is 15.6. The molecule has 12 N–H and O–H groups in total. The summed E-state index contributed by atoms with van der Waals surface area (Å²) in [6.07, 6.45) is 0. The molecule has 0 radical (unpaired) electrons. The molecule has 0 unspecified atom stereocenters. The second-order valence-electron chi connectivity index (χ2n) is 3.55. The van der Waals surface area contributed by atoms with Gasteiger partial charge < -0.3 is 34.0 Å². The lowest BCUT2D eigenvalue weighted by molar-refractivity contribution is 0.477. The number of benzene rings is 2. The first-order valence-electron chi connectivity index (χ1n) is 4.75. The van der Waals surface area contributed by atoms with Crippen LogP contribution in [-0.4, -0.2) is 10.2 Å². The molecule has 2 aromatic carbocycles. The van der Waals surface area contributed by atoms with Gasteiger partial charge in [0.15, 0.2) is 0 Å². The summed E-state index contributed by atoms with van der Waals surface area (Å²) in [5.41, 5.74) is 13.2. The van der Waals surface area contributed by atoms with E-state index in [2.05, 4.69) is 0 Å². The number of rotatable bonds is 1. The molecule has 0 saturated carbocycles. The normalized spacial score (nSPS) is 9.11. The topological polar surface area (TPSA) is 162 Å². The van der Waals surface area contributed by atoms with Crippen LogP contribution in [0.5, 0.6) is 11.5 Å². The summed E-state index contributed by atoms with van der Waals surface area (Å²) in [4.78, 5) is 0. The Morgan fingerprint density at radius 1 is 0.667 bits per heavy atom. The summed E-state index contributed by atoms with van der Waals surface area (Å²) in [5.74, 6) is 0.0441. The van der Waals surface area contributed by atoms with Crippen molar-refractivity contribution in [2.24, 2.45) is 0 Å². The highest BCUT2D eigenvalue weighted by atomic mass is 16.3. The third kappa shape index (κ3) is 2.82. The minimum atomic E-state index is 0. The van der Waals surface area contributed by atoms with Gasteiger partial charge in [0.25, 0.3) is 0 Å².